The SMILES string of the molecule is CC(C)c1nc2ccc(F)cc2c(N(C)C(=O)c2ccc(F)cc2)c1C(=O)O. The lowest BCUT2D eigenvalue weighted by Crippen LogP contribution is -2.29. The number of hydrogen-bond acceptors (Lipinski definition) is 3. The van der Waals surface area contributed by atoms with Gasteiger partial charge < -0.3 is 10.0 Å². The van der Waals surface area contributed by atoms with E-state index in [1.165, 1.54) is 31.3 Å². The topological polar surface area (TPSA) is 70.5 Å². The van der Waals surface area contributed by atoms with E-state index in [4.69, 9.17) is 0 Å². The summed E-state index contributed by atoms with van der Waals surface area (Å²) in [4.78, 5) is 30.5. The van der Waals surface area contributed by atoms with Gasteiger partial charge in [-0.15, -0.1) is 0 Å². The molecule has 0 atom stereocenters. The number of pyridine rings is 1. The smallest absolute Gasteiger partial charge is 0.339 e. The van der Waals surface area contributed by atoms with Crippen molar-refractivity contribution >= 4 is 28.5 Å². The van der Waals surface area contributed by atoms with Crippen LogP contribution in [0.5, 0.6) is 0 Å². The van der Waals surface area contributed by atoms with Crippen molar-refractivity contribution in [3.63, 3.8) is 0 Å². The Labute approximate surface area is 160 Å². The van der Waals surface area contributed by atoms with Crippen LogP contribution in [0.2, 0.25) is 0 Å². The van der Waals surface area contributed by atoms with E-state index in [0.717, 1.165) is 23.1 Å². The maximum Gasteiger partial charge on any atom is 0.339 e. The first-order valence-corrected chi connectivity index (χ1v) is 8.60. The second kappa shape index (κ2) is 7.34. The molecule has 144 valence electrons. The number of halogens is 2. The summed E-state index contributed by atoms with van der Waals surface area (Å²) >= 11 is 0. The van der Waals surface area contributed by atoms with Crippen molar-refractivity contribution < 1.29 is 23.5 Å². The Morgan fingerprint density at radius 3 is 2.21 bits per heavy atom. The lowest BCUT2D eigenvalue weighted by molar-refractivity contribution is 0.0695. The van der Waals surface area contributed by atoms with Crippen molar-refractivity contribution in [2.24, 2.45) is 0 Å². The summed E-state index contributed by atoms with van der Waals surface area (Å²) in [5.74, 6) is -3.13. The second-order valence-corrected chi connectivity index (χ2v) is 6.71. The van der Waals surface area contributed by atoms with Gasteiger partial charge in [0.15, 0.2) is 0 Å². The minimum Gasteiger partial charge on any atom is -0.478 e. The van der Waals surface area contributed by atoms with Crippen LogP contribution in [-0.4, -0.2) is 29.0 Å². The van der Waals surface area contributed by atoms with Crippen LogP contribution in [0.15, 0.2) is 42.5 Å². The summed E-state index contributed by atoms with van der Waals surface area (Å²) in [6.45, 7) is 3.57. The number of aromatic nitrogens is 1. The molecule has 2 aromatic carbocycles. The summed E-state index contributed by atoms with van der Waals surface area (Å²) in [6.07, 6.45) is 0. The second-order valence-electron chi connectivity index (χ2n) is 6.71. The Bertz CT molecular complexity index is 1080. The Hall–Kier alpha value is -3.35. The molecule has 0 fully saturated rings. The summed E-state index contributed by atoms with van der Waals surface area (Å²) in [5, 5.41) is 10.0. The van der Waals surface area contributed by atoms with Gasteiger partial charge in [-0.2, -0.15) is 0 Å². The normalized spacial score (nSPS) is 11.1. The number of benzene rings is 2. The zero-order chi connectivity index (χ0) is 20.6. The van der Waals surface area contributed by atoms with Crippen LogP contribution in [0.25, 0.3) is 10.9 Å². The predicted octanol–water partition coefficient (Wildman–Crippen LogP) is 4.61. The van der Waals surface area contributed by atoms with Crippen LogP contribution in [0, 0.1) is 11.6 Å². The van der Waals surface area contributed by atoms with Gasteiger partial charge in [-0.25, -0.2) is 13.6 Å². The molecule has 0 spiro atoms. The highest BCUT2D eigenvalue weighted by atomic mass is 19.1. The van der Waals surface area contributed by atoms with E-state index in [2.05, 4.69) is 4.98 Å². The third-order valence-electron chi connectivity index (χ3n) is 4.44. The lowest BCUT2D eigenvalue weighted by atomic mass is 9.98. The average molecular weight is 384 g/mol. The molecule has 0 unspecified atom stereocenters. The van der Waals surface area contributed by atoms with Crippen LogP contribution in [0.3, 0.4) is 0 Å². The van der Waals surface area contributed by atoms with Crippen molar-refractivity contribution in [1.82, 2.24) is 4.98 Å². The number of anilines is 1. The molecule has 5 nitrogen and oxygen atoms in total. The van der Waals surface area contributed by atoms with E-state index in [1.807, 2.05) is 0 Å². The first-order valence-electron chi connectivity index (χ1n) is 8.60. The maximum absolute atomic E-state index is 13.9. The Kier molecular flexibility index (Phi) is 5.09. The molecular formula is C21H18F2N2O3. The van der Waals surface area contributed by atoms with Gasteiger partial charge in [0.2, 0.25) is 0 Å². The van der Waals surface area contributed by atoms with E-state index in [1.54, 1.807) is 13.8 Å². The van der Waals surface area contributed by atoms with Crippen molar-refractivity contribution in [3.05, 3.63) is 70.9 Å². The molecule has 0 aliphatic carbocycles. The Balaban J connectivity index is 2.31. The zero-order valence-corrected chi connectivity index (χ0v) is 15.5. The molecule has 3 aromatic rings. The molecule has 1 heterocycles. The van der Waals surface area contributed by atoms with Gasteiger partial charge in [0.1, 0.15) is 17.2 Å². The number of carbonyl (C=O) groups is 2. The van der Waals surface area contributed by atoms with Gasteiger partial charge in [0.05, 0.1) is 16.9 Å². The lowest BCUT2D eigenvalue weighted by Gasteiger charge is -2.24. The molecule has 0 saturated carbocycles. The molecule has 1 amide bonds. The Morgan fingerprint density at radius 2 is 1.64 bits per heavy atom. The van der Waals surface area contributed by atoms with Crippen molar-refractivity contribution in [2.75, 3.05) is 11.9 Å². The molecule has 0 saturated heterocycles. The summed E-state index contributed by atoms with van der Waals surface area (Å²) < 4.78 is 27.1. The van der Waals surface area contributed by atoms with Crippen LogP contribution < -0.4 is 4.90 Å². The third-order valence-corrected chi connectivity index (χ3v) is 4.44. The zero-order valence-electron chi connectivity index (χ0n) is 15.5. The molecule has 1 N–H and O–H groups in total. The standard InChI is InChI=1S/C21H18F2N2O3/c1-11(2)18-17(21(27)28)19(15-10-14(23)8-9-16(15)24-18)25(3)20(26)12-4-6-13(22)7-5-12/h4-11H,1-3H3,(H,27,28). The molecule has 1 aromatic heterocycles. The highest BCUT2D eigenvalue weighted by molar-refractivity contribution is 6.15. The van der Waals surface area contributed by atoms with Gasteiger partial charge in [-0.3, -0.25) is 9.78 Å². The fourth-order valence-electron chi connectivity index (χ4n) is 3.10. The minimum absolute atomic E-state index is 0.0509. The van der Waals surface area contributed by atoms with E-state index in [9.17, 15) is 23.5 Å². The molecule has 28 heavy (non-hydrogen) atoms. The van der Waals surface area contributed by atoms with Gasteiger partial charge in [-0.05, 0) is 48.4 Å². The number of rotatable bonds is 4. The van der Waals surface area contributed by atoms with Crippen molar-refractivity contribution in [1.29, 1.82) is 0 Å². The molecule has 3 rings (SSSR count). The highest BCUT2D eigenvalue weighted by Gasteiger charge is 2.28. The van der Waals surface area contributed by atoms with Gasteiger partial charge in [-0.1, -0.05) is 13.8 Å². The molecule has 0 radical (unpaired) electrons. The minimum atomic E-state index is -1.27. The molecular weight excluding hydrogens is 366 g/mol. The van der Waals surface area contributed by atoms with E-state index >= 15 is 0 Å². The highest BCUT2D eigenvalue weighted by Crippen LogP contribution is 2.35. The molecule has 0 bridgehead atoms. The van der Waals surface area contributed by atoms with Crippen molar-refractivity contribution in [2.45, 2.75) is 19.8 Å². The summed E-state index contributed by atoms with van der Waals surface area (Å²) in [7, 11) is 1.40. The number of carboxylic acids is 1. The third kappa shape index (κ3) is 3.43. The number of amides is 1. The number of carboxylic acid groups (broad SMARTS) is 1. The van der Waals surface area contributed by atoms with Crippen LogP contribution in [0.1, 0.15) is 46.2 Å². The van der Waals surface area contributed by atoms with Gasteiger partial charge in [0, 0.05) is 18.0 Å². The predicted molar refractivity (Wildman–Crippen MR) is 102 cm³/mol. The number of fused-ring (bicyclic) bond motifs is 1. The van der Waals surface area contributed by atoms with E-state index in [-0.39, 0.29) is 28.1 Å². The van der Waals surface area contributed by atoms with Crippen LogP contribution in [-0.2, 0) is 0 Å². The van der Waals surface area contributed by atoms with Crippen LogP contribution in [0.4, 0.5) is 14.5 Å². The number of aromatic carboxylic acids is 1. The monoisotopic (exact) mass is 384 g/mol. The fourth-order valence-corrected chi connectivity index (χ4v) is 3.10. The number of nitrogens with zero attached hydrogens (tertiary/aromatic N) is 2. The first kappa shape index (κ1) is 19.4. The number of carbonyl (C=O) groups excluding carboxylic acids is 1. The molecule has 0 aliphatic rings. The molecule has 7 heteroatoms. The average Bonchev–Trinajstić information content (AvgIpc) is 2.65. The summed E-state index contributed by atoms with van der Waals surface area (Å²) in [5.41, 5.74) is 0.734. The van der Waals surface area contributed by atoms with E-state index in [0.29, 0.717) is 11.2 Å². The van der Waals surface area contributed by atoms with Gasteiger partial charge in [0.25, 0.3) is 5.91 Å². The summed E-state index contributed by atoms with van der Waals surface area (Å²) in [6, 6.07) is 8.73. The van der Waals surface area contributed by atoms with E-state index < -0.39 is 23.5 Å². The largest absolute Gasteiger partial charge is 0.478 e. The Morgan fingerprint density at radius 1 is 1.04 bits per heavy atom. The first-order chi connectivity index (χ1) is 13.2. The quantitative estimate of drug-likeness (QED) is 0.713. The molecule has 0 aliphatic heterocycles. The fraction of sp³-hybridized carbons (Fsp3) is 0.190. The maximum atomic E-state index is 13.9. The number of hydrogen-bond donors (Lipinski definition) is 1. The van der Waals surface area contributed by atoms with Gasteiger partial charge >= 0.3 is 5.97 Å². The van der Waals surface area contributed by atoms with Crippen LogP contribution >= 0.6 is 0 Å². The van der Waals surface area contributed by atoms with Crippen molar-refractivity contribution in [3.8, 4) is 0 Å².